The van der Waals surface area contributed by atoms with Gasteiger partial charge in [0.2, 0.25) is 0 Å². The van der Waals surface area contributed by atoms with Crippen molar-refractivity contribution in [1.29, 1.82) is 0 Å². The maximum atomic E-state index is 11.8. The van der Waals surface area contributed by atoms with Crippen LogP contribution in [0, 0.1) is 0 Å². The molecule has 1 fully saturated rings. The Morgan fingerprint density at radius 3 is 1.81 bits per heavy atom. The summed E-state index contributed by atoms with van der Waals surface area (Å²) in [7, 11) is -2.97. The lowest BCUT2D eigenvalue weighted by Crippen LogP contribution is -2.40. The summed E-state index contributed by atoms with van der Waals surface area (Å²) >= 11 is 0. The molecule has 2 aromatic carbocycles. The average molecular weight is 454 g/mol. The number of ether oxygens (including phenoxy) is 2. The summed E-state index contributed by atoms with van der Waals surface area (Å²) in [6, 6.07) is 15.6. The lowest BCUT2D eigenvalue weighted by Gasteiger charge is -2.28. The summed E-state index contributed by atoms with van der Waals surface area (Å²) in [5.74, 6) is 2.54. The Hall–Kier alpha value is -3.13. The van der Waals surface area contributed by atoms with E-state index in [1.54, 1.807) is 6.20 Å². The van der Waals surface area contributed by atoms with Gasteiger partial charge in [-0.1, -0.05) is 0 Å². The van der Waals surface area contributed by atoms with E-state index in [1.165, 1.54) is 0 Å². The van der Waals surface area contributed by atoms with Crippen molar-refractivity contribution in [3.63, 3.8) is 0 Å². The van der Waals surface area contributed by atoms with Crippen molar-refractivity contribution < 1.29 is 17.9 Å². The van der Waals surface area contributed by atoms with Crippen LogP contribution >= 0.6 is 0 Å². The third-order valence-electron chi connectivity index (χ3n) is 5.31. The van der Waals surface area contributed by atoms with E-state index in [2.05, 4.69) is 0 Å². The second kappa shape index (κ2) is 9.56. The van der Waals surface area contributed by atoms with Crippen molar-refractivity contribution >= 4 is 15.7 Å². The summed E-state index contributed by atoms with van der Waals surface area (Å²) in [4.78, 5) is 11.6. The third kappa shape index (κ3) is 5.02. The fraction of sp³-hybridized carbons (Fsp3) is 0.333. The Labute approximate surface area is 189 Å². The van der Waals surface area contributed by atoms with Gasteiger partial charge < -0.3 is 14.4 Å². The van der Waals surface area contributed by atoms with E-state index in [1.807, 2.05) is 67.3 Å². The van der Waals surface area contributed by atoms with Crippen molar-refractivity contribution in [3.8, 4) is 34.0 Å². The molecule has 0 bridgehead atoms. The fourth-order valence-corrected chi connectivity index (χ4v) is 4.84. The van der Waals surface area contributed by atoms with E-state index in [0.717, 1.165) is 34.0 Å². The zero-order valence-corrected chi connectivity index (χ0v) is 19.1. The highest BCUT2D eigenvalue weighted by Crippen LogP contribution is 2.32. The van der Waals surface area contributed by atoms with E-state index in [0.29, 0.717) is 32.1 Å². The van der Waals surface area contributed by atoms with Crippen LogP contribution in [-0.4, -0.2) is 56.2 Å². The molecule has 0 spiro atoms. The lowest BCUT2D eigenvalue weighted by molar-refractivity contribution is 0.340. The molecule has 32 heavy (non-hydrogen) atoms. The molecule has 1 aliphatic rings. The van der Waals surface area contributed by atoms with Crippen LogP contribution < -0.4 is 14.4 Å². The molecule has 1 saturated heterocycles. The summed E-state index contributed by atoms with van der Waals surface area (Å²) in [5, 5.41) is 0. The molecule has 1 aromatic heterocycles. The Balaban J connectivity index is 1.73. The van der Waals surface area contributed by atoms with Crippen molar-refractivity contribution in [2.45, 2.75) is 13.8 Å². The lowest BCUT2D eigenvalue weighted by atomic mass is 10.0. The molecular weight excluding hydrogens is 426 g/mol. The summed E-state index contributed by atoms with van der Waals surface area (Å²) in [6.07, 6.45) is 1.72. The molecule has 0 saturated carbocycles. The zero-order chi connectivity index (χ0) is 22.6. The maximum absolute atomic E-state index is 11.8. The third-order valence-corrected chi connectivity index (χ3v) is 6.91. The highest BCUT2D eigenvalue weighted by Gasteiger charge is 2.24. The number of rotatable bonds is 7. The minimum atomic E-state index is -2.97. The number of aromatic nitrogens is 2. The molecule has 0 amide bonds. The molecule has 8 heteroatoms. The highest BCUT2D eigenvalue weighted by atomic mass is 32.2. The molecule has 168 valence electrons. The zero-order valence-electron chi connectivity index (χ0n) is 18.3. The topological polar surface area (TPSA) is 81.6 Å². The normalized spacial score (nSPS) is 15.4. The molecular formula is C24H27N3O4S. The van der Waals surface area contributed by atoms with Gasteiger partial charge >= 0.3 is 0 Å². The van der Waals surface area contributed by atoms with E-state index in [-0.39, 0.29) is 11.5 Å². The summed E-state index contributed by atoms with van der Waals surface area (Å²) in [5.41, 5.74) is 3.34. The van der Waals surface area contributed by atoms with Crippen LogP contribution in [0.4, 0.5) is 5.82 Å². The largest absolute Gasteiger partial charge is 0.494 e. The predicted molar refractivity (Wildman–Crippen MR) is 126 cm³/mol. The maximum Gasteiger partial charge on any atom is 0.153 e. The monoisotopic (exact) mass is 453 g/mol. The summed E-state index contributed by atoms with van der Waals surface area (Å²) in [6.45, 7) is 5.95. The highest BCUT2D eigenvalue weighted by molar-refractivity contribution is 7.91. The second-order valence-corrected chi connectivity index (χ2v) is 9.78. The van der Waals surface area contributed by atoms with Crippen LogP contribution in [-0.2, 0) is 9.84 Å². The summed E-state index contributed by atoms with van der Waals surface area (Å²) < 4.78 is 34.8. The number of benzene rings is 2. The smallest absolute Gasteiger partial charge is 0.153 e. The van der Waals surface area contributed by atoms with Gasteiger partial charge in [-0.25, -0.2) is 13.4 Å². The van der Waals surface area contributed by atoms with E-state index in [9.17, 15) is 8.42 Å². The minimum Gasteiger partial charge on any atom is -0.494 e. The van der Waals surface area contributed by atoms with Gasteiger partial charge in [-0.2, -0.15) is 0 Å². The molecule has 1 aliphatic heterocycles. The van der Waals surface area contributed by atoms with Crippen molar-refractivity contribution in [3.05, 3.63) is 54.7 Å². The van der Waals surface area contributed by atoms with Gasteiger partial charge in [0.25, 0.3) is 0 Å². The van der Waals surface area contributed by atoms with Crippen LogP contribution in [0.5, 0.6) is 11.5 Å². The van der Waals surface area contributed by atoms with Gasteiger partial charge in [0.1, 0.15) is 17.3 Å². The van der Waals surface area contributed by atoms with Gasteiger partial charge in [0, 0.05) is 24.2 Å². The predicted octanol–water partition coefficient (Wildman–Crippen LogP) is 3.84. The molecule has 0 atom stereocenters. The van der Waals surface area contributed by atoms with Crippen LogP contribution in [0.3, 0.4) is 0 Å². The molecule has 7 nitrogen and oxygen atoms in total. The van der Waals surface area contributed by atoms with Crippen LogP contribution in [0.2, 0.25) is 0 Å². The molecule has 0 N–H and O–H groups in total. The van der Waals surface area contributed by atoms with E-state index >= 15 is 0 Å². The molecule has 0 unspecified atom stereocenters. The number of hydrogen-bond acceptors (Lipinski definition) is 7. The van der Waals surface area contributed by atoms with Crippen LogP contribution in [0.1, 0.15) is 13.8 Å². The second-order valence-electron chi connectivity index (χ2n) is 7.48. The number of anilines is 1. The van der Waals surface area contributed by atoms with Crippen molar-refractivity contribution in [2.75, 3.05) is 42.7 Å². The van der Waals surface area contributed by atoms with Crippen molar-refractivity contribution in [2.24, 2.45) is 0 Å². The molecule has 2 heterocycles. The molecule has 3 aromatic rings. The Morgan fingerprint density at radius 1 is 0.812 bits per heavy atom. The van der Waals surface area contributed by atoms with Gasteiger partial charge in [-0.3, -0.25) is 4.98 Å². The van der Waals surface area contributed by atoms with Gasteiger partial charge in [-0.05, 0) is 62.4 Å². The standard InChI is InChI=1S/C24H27N3O4S/c1-3-30-20-9-5-18(6-10-20)23-24(19-7-11-21(12-8-19)31-4-2)26-22(17-25-23)27-13-15-32(28,29)16-14-27/h5-12,17H,3-4,13-16H2,1-2H3. The SMILES string of the molecule is CCOc1ccc(-c2ncc(N3CCS(=O)(=O)CC3)nc2-c2ccc(OCC)cc2)cc1. The Kier molecular flexibility index (Phi) is 6.60. The van der Waals surface area contributed by atoms with Gasteiger partial charge in [0.15, 0.2) is 9.84 Å². The van der Waals surface area contributed by atoms with Crippen molar-refractivity contribution in [1.82, 2.24) is 9.97 Å². The first-order chi connectivity index (χ1) is 15.5. The first-order valence-corrected chi connectivity index (χ1v) is 12.6. The Bertz CT molecular complexity index is 1150. The first-order valence-electron chi connectivity index (χ1n) is 10.8. The molecule has 0 radical (unpaired) electrons. The van der Waals surface area contributed by atoms with E-state index < -0.39 is 9.84 Å². The molecule has 4 rings (SSSR count). The number of sulfone groups is 1. The fourth-order valence-electron chi connectivity index (χ4n) is 3.64. The average Bonchev–Trinajstić information content (AvgIpc) is 2.80. The number of nitrogens with zero attached hydrogens (tertiary/aromatic N) is 3. The Morgan fingerprint density at radius 2 is 1.31 bits per heavy atom. The van der Waals surface area contributed by atoms with Crippen LogP contribution in [0.25, 0.3) is 22.5 Å². The van der Waals surface area contributed by atoms with Gasteiger partial charge in [-0.15, -0.1) is 0 Å². The van der Waals surface area contributed by atoms with Crippen LogP contribution in [0.15, 0.2) is 54.7 Å². The van der Waals surface area contributed by atoms with E-state index in [4.69, 9.17) is 19.4 Å². The first kappa shape index (κ1) is 22.1. The minimum absolute atomic E-state index is 0.133. The number of hydrogen-bond donors (Lipinski definition) is 0. The quantitative estimate of drug-likeness (QED) is 0.537. The van der Waals surface area contributed by atoms with Gasteiger partial charge in [0.05, 0.1) is 42.3 Å². The molecule has 0 aliphatic carbocycles.